The molecule has 0 saturated heterocycles. The predicted molar refractivity (Wildman–Crippen MR) is 93.0 cm³/mol. The summed E-state index contributed by atoms with van der Waals surface area (Å²) >= 11 is 0. The molecule has 0 fully saturated rings. The molecule has 3 aromatic carbocycles. The molecule has 3 N–H and O–H groups in total. The molecule has 8 nitrogen and oxygen atoms in total. The van der Waals surface area contributed by atoms with E-state index in [1.807, 2.05) is 0 Å². The molecule has 0 atom stereocenters. The third-order valence-corrected chi connectivity index (χ3v) is 4.53. The number of rotatable bonds is 4. The summed E-state index contributed by atoms with van der Waals surface area (Å²) in [4.78, 5) is 10.8. The van der Waals surface area contributed by atoms with Crippen LogP contribution in [0.3, 0.4) is 0 Å². The number of carboxylic acids is 1. The second-order valence-electron chi connectivity index (χ2n) is 5.31. The first kappa shape index (κ1) is 17.5. The summed E-state index contributed by atoms with van der Waals surface area (Å²) in [5, 5.41) is 27.2. The van der Waals surface area contributed by atoms with E-state index in [2.05, 4.69) is 10.2 Å². The number of azo groups is 1. The number of aromatic hydroxyl groups is 1. The van der Waals surface area contributed by atoms with E-state index in [-0.39, 0.29) is 27.3 Å². The van der Waals surface area contributed by atoms with Crippen LogP contribution in [0.5, 0.6) is 5.75 Å². The van der Waals surface area contributed by atoms with Crippen molar-refractivity contribution in [3.05, 3.63) is 60.2 Å². The summed E-state index contributed by atoms with van der Waals surface area (Å²) in [6.45, 7) is 0. The van der Waals surface area contributed by atoms with Gasteiger partial charge in [0, 0.05) is 10.8 Å². The summed E-state index contributed by atoms with van der Waals surface area (Å²) < 4.78 is 32.3. The first-order chi connectivity index (χ1) is 12.3. The average molecular weight is 372 g/mol. The van der Waals surface area contributed by atoms with Gasteiger partial charge in [-0.1, -0.05) is 24.3 Å². The summed E-state index contributed by atoms with van der Waals surface area (Å²) in [5.41, 5.74) is 0.217. The maximum absolute atomic E-state index is 11.5. The molecule has 26 heavy (non-hydrogen) atoms. The molecule has 9 heteroatoms. The molecule has 0 bridgehead atoms. The largest absolute Gasteiger partial charge is 0.507 e. The summed E-state index contributed by atoms with van der Waals surface area (Å²) in [7, 11) is -4.40. The van der Waals surface area contributed by atoms with E-state index in [0.717, 1.165) is 6.07 Å². The Morgan fingerprint density at radius 2 is 1.62 bits per heavy atom. The van der Waals surface area contributed by atoms with Crippen LogP contribution in [0, 0.1) is 0 Å². The van der Waals surface area contributed by atoms with Gasteiger partial charge in [-0.15, -0.1) is 5.11 Å². The van der Waals surface area contributed by atoms with Gasteiger partial charge in [-0.3, -0.25) is 4.55 Å². The van der Waals surface area contributed by atoms with Gasteiger partial charge >= 0.3 is 5.97 Å². The van der Waals surface area contributed by atoms with Gasteiger partial charge in [0.1, 0.15) is 16.2 Å². The van der Waals surface area contributed by atoms with E-state index in [1.165, 1.54) is 30.3 Å². The van der Waals surface area contributed by atoms with Crippen molar-refractivity contribution < 1.29 is 28.0 Å². The third-order valence-electron chi connectivity index (χ3n) is 3.62. The SMILES string of the molecule is O=C(O)c1cc(N=Nc2ccc(S(=O)(=O)O)c3ccccc23)ccc1O. The summed E-state index contributed by atoms with van der Waals surface area (Å²) in [5.74, 6) is -1.69. The number of carboxylic acid groups (broad SMARTS) is 1. The van der Waals surface area contributed by atoms with Crippen molar-refractivity contribution in [1.82, 2.24) is 0 Å². The summed E-state index contributed by atoms with van der Waals surface area (Å²) in [6.07, 6.45) is 0. The minimum atomic E-state index is -4.40. The van der Waals surface area contributed by atoms with Crippen LogP contribution in [0.4, 0.5) is 11.4 Å². The van der Waals surface area contributed by atoms with E-state index in [4.69, 9.17) is 5.11 Å². The van der Waals surface area contributed by atoms with Crippen molar-refractivity contribution in [2.75, 3.05) is 0 Å². The van der Waals surface area contributed by atoms with Crippen molar-refractivity contribution in [3.8, 4) is 5.75 Å². The molecule has 0 heterocycles. The van der Waals surface area contributed by atoms with Crippen LogP contribution in [0.15, 0.2) is 69.7 Å². The number of phenols is 1. The Labute approximate surface area is 147 Å². The van der Waals surface area contributed by atoms with Crippen molar-refractivity contribution in [1.29, 1.82) is 0 Å². The highest BCUT2D eigenvalue weighted by atomic mass is 32.2. The molecule has 3 rings (SSSR count). The maximum atomic E-state index is 11.5. The molecule has 3 aromatic rings. The number of benzene rings is 3. The Hall–Kier alpha value is -3.30. The van der Waals surface area contributed by atoms with Gasteiger partial charge in [0.25, 0.3) is 10.1 Å². The van der Waals surface area contributed by atoms with Crippen LogP contribution in [0.25, 0.3) is 10.8 Å². The molecule has 132 valence electrons. The first-order valence-corrected chi connectivity index (χ1v) is 8.68. The minimum Gasteiger partial charge on any atom is -0.507 e. The van der Waals surface area contributed by atoms with Crippen molar-refractivity contribution in [2.45, 2.75) is 4.90 Å². The monoisotopic (exact) mass is 372 g/mol. The Kier molecular flexibility index (Phi) is 4.41. The van der Waals surface area contributed by atoms with Crippen molar-refractivity contribution in [3.63, 3.8) is 0 Å². The zero-order valence-electron chi connectivity index (χ0n) is 13.1. The lowest BCUT2D eigenvalue weighted by molar-refractivity contribution is 0.0693. The molecule has 0 aromatic heterocycles. The quantitative estimate of drug-likeness (QED) is 0.469. The lowest BCUT2D eigenvalue weighted by atomic mass is 10.1. The van der Waals surface area contributed by atoms with Gasteiger partial charge in [-0.25, -0.2) is 4.79 Å². The van der Waals surface area contributed by atoms with Crippen LogP contribution in [-0.2, 0) is 10.1 Å². The lowest BCUT2D eigenvalue weighted by Crippen LogP contribution is -1.98. The van der Waals surface area contributed by atoms with Gasteiger partial charge in [0.05, 0.1) is 11.4 Å². The van der Waals surface area contributed by atoms with E-state index >= 15 is 0 Å². The van der Waals surface area contributed by atoms with Gasteiger partial charge in [-0.2, -0.15) is 13.5 Å². The molecule has 0 aliphatic carbocycles. The zero-order chi connectivity index (χ0) is 18.9. The van der Waals surface area contributed by atoms with Crippen LogP contribution in [0.2, 0.25) is 0 Å². The molecule has 0 aliphatic heterocycles. The highest BCUT2D eigenvalue weighted by Gasteiger charge is 2.15. The minimum absolute atomic E-state index is 0.197. The summed E-state index contributed by atoms with van der Waals surface area (Å²) in [6, 6.07) is 12.8. The molecule has 0 spiro atoms. The predicted octanol–water partition coefficient (Wildman–Crippen LogP) is 3.91. The third kappa shape index (κ3) is 3.39. The smallest absolute Gasteiger partial charge is 0.339 e. The second-order valence-corrected chi connectivity index (χ2v) is 6.70. The fourth-order valence-electron chi connectivity index (χ4n) is 2.44. The Morgan fingerprint density at radius 1 is 0.923 bits per heavy atom. The van der Waals surface area contributed by atoms with E-state index in [0.29, 0.717) is 11.1 Å². The van der Waals surface area contributed by atoms with Gasteiger partial charge in [0.15, 0.2) is 0 Å². The second kappa shape index (κ2) is 6.54. The van der Waals surface area contributed by atoms with Gasteiger partial charge in [0.2, 0.25) is 0 Å². The molecule has 0 aliphatic rings. The zero-order valence-corrected chi connectivity index (χ0v) is 13.9. The van der Waals surface area contributed by atoms with Crippen LogP contribution in [-0.4, -0.2) is 29.2 Å². The normalized spacial score (nSPS) is 11.9. The van der Waals surface area contributed by atoms with E-state index in [1.54, 1.807) is 18.2 Å². The molecule has 0 radical (unpaired) electrons. The number of nitrogens with zero attached hydrogens (tertiary/aromatic N) is 2. The fraction of sp³-hybridized carbons (Fsp3) is 0. The number of carbonyl (C=O) groups is 1. The number of aromatic carboxylic acids is 1. The molecular weight excluding hydrogens is 360 g/mol. The van der Waals surface area contributed by atoms with E-state index in [9.17, 15) is 22.9 Å². The van der Waals surface area contributed by atoms with Crippen molar-refractivity contribution in [2.24, 2.45) is 10.2 Å². The highest BCUT2D eigenvalue weighted by molar-refractivity contribution is 7.86. The van der Waals surface area contributed by atoms with Gasteiger partial charge < -0.3 is 10.2 Å². The maximum Gasteiger partial charge on any atom is 0.339 e. The number of hydrogen-bond acceptors (Lipinski definition) is 6. The first-order valence-electron chi connectivity index (χ1n) is 7.24. The standard InChI is InChI=1S/C17H12N2O6S/c20-15-7-5-10(9-13(15)17(21)22)18-19-14-6-8-16(26(23,24)25)12-4-2-1-3-11(12)14/h1-9,20H,(H,21,22)(H,23,24,25). The number of fused-ring (bicyclic) bond motifs is 1. The van der Waals surface area contributed by atoms with Crippen LogP contribution >= 0.6 is 0 Å². The number of hydrogen-bond donors (Lipinski definition) is 3. The molecular formula is C17H12N2O6S. The Morgan fingerprint density at radius 3 is 2.27 bits per heavy atom. The topological polar surface area (TPSA) is 137 Å². The highest BCUT2D eigenvalue weighted by Crippen LogP contribution is 2.32. The van der Waals surface area contributed by atoms with E-state index < -0.39 is 16.1 Å². The van der Waals surface area contributed by atoms with Gasteiger partial charge in [-0.05, 0) is 30.3 Å². The molecule has 0 amide bonds. The lowest BCUT2D eigenvalue weighted by Gasteiger charge is -2.06. The Balaban J connectivity index is 2.09. The average Bonchev–Trinajstić information content (AvgIpc) is 2.59. The fourth-order valence-corrected chi connectivity index (χ4v) is 3.13. The molecule has 0 unspecified atom stereocenters. The molecule has 0 saturated carbocycles. The Bertz CT molecular complexity index is 1160. The van der Waals surface area contributed by atoms with Crippen LogP contribution < -0.4 is 0 Å². The van der Waals surface area contributed by atoms with Crippen LogP contribution in [0.1, 0.15) is 10.4 Å². The van der Waals surface area contributed by atoms with Crippen molar-refractivity contribution >= 4 is 38.2 Å².